The highest BCUT2D eigenvalue weighted by atomic mass is 127. The molecule has 0 aliphatic heterocycles. The molecule has 2 aromatic rings. The standard InChI is InChI=1S/C9H6IO/c1-6-4-7-5-8(10)2-3-9(7)11-6/h2-5H,1H2. The Morgan fingerprint density at radius 3 is 2.91 bits per heavy atom. The van der Waals surface area contributed by atoms with Crippen LogP contribution in [0.2, 0.25) is 0 Å². The molecule has 0 N–H and O–H groups in total. The summed E-state index contributed by atoms with van der Waals surface area (Å²) in [5.41, 5.74) is 0.912. The van der Waals surface area contributed by atoms with Crippen LogP contribution >= 0.6 is 22.6 Å². The molecule has 0 fully saturated rings. The fourth-order valence-electron chi connectivity index (χ4n) is 1.07. The molecule has 0 aliphatic rings. The molecule has 2 rings (SSSR count). The van der Waals surface area contributed by atoms with Crippen LogP contribution in [0.15, 0.2) is 28.7 Å². The minimum Gasteiger partial charge on any atom is -0.461 e. The molecule has 1 aromatic carbocycles. The van der Waals surface area contributed by atoms with E-state index in [0.717, 1.165) is 16.7 Å². The van der Waals surface area contributed by atoms with Crippen LogP contribution in [0.3, 0.4) is 0 Å². The number of furan rings is 1. The van der Waals surface area contributed by atoms with Gasteiger partial charge in [-0.25, -0.2) is 0 Å². The molecule has 2 heteroatoms. The maximum absolute atomic E-state index is 5.31. The van der Waals surface area contributed by atoms with Gasteiger partial charge in [0.15, 0.2) is 0 Å². The zero-order valence-corrected chi connectivity index (χ0v) is 7.96. The second-order valence-corrected chi connectivity index (χ2v) is 3.64. The molecule has 55 valence electrons. The van der Waals surface area contributed by atoms with Gasteiger partial charge in [0.1, 0.15) is 11.3 Å². The van der Waals surface area contributed by atoms with Crippen molar-refractivity contribution < 1.29 is 4.42 Å². The van der Waals surface area contributed by atoms with E-state index in [1.165, 1.54) is 3.57 Å². The molecule has 0 aliphatic carbocycles. The third-order valence-electron chi connectivity index (χ3n) is 1.53. The lowest BCUT2D eigenvalue weighted by molar-refractivity contribution is 0.595. The van der Waals surface area contributed by atoms with Gasteiger partial charge < -0.3 is 4.42 Å². The Kier molecular flexibility index (Phi) is 1.64. The number of fused-ring (bicyclic) bond motifs is 1. The van der Waals surface area contributed by atoms with Crippen molar-refractivity contribution in [3.8, 4) is 0 Å². The van der Waals surface area contributed by atoms with Crippen molar-refractivity contribution in [2.24, 2.45) is 0 Å². The monoisotopic (exact) mass is 257 g/mol. The third kappa shape index (κ3) is 1.27. The van der Waals surface area contributed by atoms with Crippen LogP contribution in [0.4, 0.5) is 0 Å². The molecule has 1 heterocycles. The van der Waals surface area contributed by atoms with E-state index >= 15 is 0 Å². The van der Waals surface area contributed by atoms with Gasteiger partial charge >= 0.3 is 0 Å². The van der Waals surface area contributed by atoms with Crippen molar-refractivity contribution in [2.45, 2.75) is 0 Å². The summed E-state index contributed by atoms with van der Waals surface area (Å²) in [5, 5.41) is 1.13. The van der Waals surface area contributed by atoms with Crippen LogP contribution in [-0.4, -0.2) is 0 Å². The maximum Gasteiger partial charge on any atom is 0.134 e. The van der Waals surface area contributed by atoms with Crippen LogP contribution in [0.1, 0.15) is 5.76 Å². The Morgan fingerprint density at radius 1 is 1.27 bits per heavy atom. The maximum atomic E-state index is 5.31. The molecule has 0 saturated carbocycles. The first-order chi connectivity index (χ1) is 5.25. The topological polar surface area (TPSA) is 13.1 Å². The lowest BCUT2D eigenvalue weighted by Crippen LogP contribution is -1.66. The van der Waals surface area contributed by atoms with Crippen molar-refractivity contribution in [3.63, 3.8) is 0 Å². The summed E-state index contributed by atoms with van der Waals surface area (Å²) in [7, 11) is 0. The predicted molar refractivity (Wildman–Crippen MR) is 53.4 cm³/mol. The van der Waals surface area contributed by atoms with Crippen LogP contribution in [-0.2, 0) is 0 Å². The van der Waals surface area contributed by atoms with E-state index in [4.69, 9.17) is 4.42 Å². The average Bonchev–Trinajstić information content (AvgIpc) is 2.27. The van der Waals surface area contributed by atoms with Crippen molar-refractivity contribution >= 4 is 33.6 Å². The number of benzene rings is 1. The highest BCUT2D eigenvalue weighted by molar-refractivity contribution is 14.1. The van der Waals surface area contributed by atoms with E-state index in [-0.39, 0.29) is 0 Å². The van der Waals surface area contributed by atoms with Crippen molar-refractivity contribution in [1.29, 1.82) is 0 Å². The number of hydrogen-bond donors (Lipinski definition) is 0. The Hall–Kier alpha value is -0.510. The first kappa shape index (κ1) is 7.16. The average molecular weight is 257 g/mol. The number of rotatable bonds is 0. The van der Waals surface area contributed by atoms with Gasteiger partial charge in [0.05, 0.1) is 0 Å². The quantitative estimate of drug-likeness (QED) is 0.660. The van der Waals surface area contributed by atoms with Crippen molar-refractivity contribution in [3.05, 3.63) is 40.5 Å². The van der Waals surface area contributed by atoms with Gasteiger partial charge in [-0.05, 0) is 46.9 Å². The van der Waals surface area contributed by atoms with Gasteiger partial charge in [-0.1, -0.05) is 0 Å². The summed E-state index contributed by atoms with van der Waals surface area (Å²) in [6.45, 7) is 3.72. The fraction of sp³-hybridized carbons (Fsp3) is 0. The molecular formula is C9H6IO. The molecule has 0 saturated heterocycles. The summed E-state index contributed by atoms with van der Waals surface area (Å²) in [4.78, 5) is 0. The van der Waals surface area contributed by atoms with Crippen LogP contribution in [0.5, 0.6) is 0 Å². The largest absolute Gasteiger partial charge is 0.461 e. The Bertz CT molecular complexity index is 389. The normalized spacial score (nSPS) is 10.7. The van der Waals surface area contributed by atoms with Crippen LogP contribution in [0.25, 0.3) is 11.0 Å². The molecule has 1 radical (unpaired) electrons. The SMILES string of the molecule is [CH2]c1cc2cc(I)ccc2o1. The summed E-state index contributed by atoms with van der Waals surface area (Å²) in [6.07, 6.45) is 0. The van der Waals surface area contributed by atoms with E-state index in [2.05, 4.69) is 35.6 Å². The molecular weight excluding hydrogens is 251 g/mol. The molecule has 1 nitrogen and oxygen atoms in total. The Labute approximate surface area is 78.5 Å². The van der Waals surface area contributed by atoms with E-state index in [0.29, 0.717) is 0 Å². The number of halogens is 1. The predicted octanol–water partition coefficient (Wildman–Crippen LogP) is 3.22. The second kappa shape index (κ2) is 2.52. The minimum absolute atomic E-state index is 0.724. The van der Waals surface area contributed by atoms with E-state index in [1.807, 2.05) is 18.2 Å². The first-order valence-electron chi connectivity index (χ1n) is 3.27. The van der Waals surface area contributed by atoms with E-state index in [1.54, 1.807) is 0 Å². The summed E-state index contributed by atoms with van der Waals surface area (Å²) < 4.78 is 6.53. The van der Waals surface area contributed by atoms with Crippen molar-refractivity contribution in [1.82, 2.24) is 0 Å². The highest BCUT2D eigenvalue weighted by Crippen LogP contribution is 2.20. The van der Waals surface area contributed by atoms with Crippen molar-refractivity contribution in [2.75, 3.05) is 0 Å². The molecule has 0 spiro atoms. The van der Waals surface area contributed by atoms with Crippen LogP contribution in [0, 0.1) is 10.5 Å². The number of hydrogen-bond acceptors (Lipinski definition) is 1. The summed E-state index contributed by atoms with van der Waals surface area (Å²) in [6, 6.07) is 8.00. The van der Waals surface area contributed by atoms with Crippen LogP contribution < -0.4 is 0 Å². The fourth-order valence-corrected chi connectivity index (χ4v) is 1.58. The zero-order valence-electron chi connectivity index (χ0n) is 5.80. The molecule has 0 amide bonds. The van der Waals surface area contributed by atoms with E-state index < -0.39 is 0 Å². The van der Waals surface area contributed by atoms with Gasteiger partial charge in [0.25, 0.3) is 0 Å². The first-order valence-corrected chi connectivity index (χ1v) is 4.34. The summed E-state index contributed by atoms with van der Waals surface area (Å²) >= 11 is 2.28. The molecule has 1 aromatic heterocycles. The minimum atomic E-state index is 0.724. The third-order valence-corrected chi connectivity index (χ3v) is 2.20. The lowest BCUT2D eigenvalue weighted by Gasteiger charge is -1.87. The van der Waals surface area contributed by atoms with E-state index in [9.17, 15) is 0 Å². The van der Waals surface area contributed by atoms with Gasteiger partial charge in [-0.2, -0.15) is 0 Å². The van der Waals surface area contributed by atoms with Gasteiger partial charge in [0, 0.05) is 15.9 Å². The molecule has 0 unspecified atom stereocenters. The lowest BCUT2D eigenvalue weighted by atomic mass is 10.2. The highest BCUT2D eigenvalue weighted by Gasteiger charge is 1.98. The molecule has 11 heavy (non-hydrogen) atoms. The van der Waals surface area contributed by atoms with Gasteiger partial charge in [-0.15, -0.1) is 0 Å². The smallest absolute Gasteiger partial charge is 0.134 e. The van der Waals surface area contributed by atoms with Gasteiger partial charge in [-0.3, -0.25) is 0 Å². The molecule has 0 bridgehead atoms. The van der Waals surface area contributed by atoms with Gasteiger partial charge in [0.2, 0.25) is 0 Å². The zero-order chi connectivity index (χ0) is 7.84. The Morgan fingerprint density at radius 2 is 2.09 bits per heavy atom. The second-order valence-electron chi connectivity index (χ2n) is 2.39. The molecule has 0 atom stereocenters. The Balaban J connectivity index is 2.82. The summed E-state index contributed by atoms with van der Waals surface area (Å²) in [5.74, 6) is 0.724.